The first kappa shape index (κ1) is 18.5. The first-order chi connectivity index (χ1) is 9.13. The summed E-state index contributed by atoms with van der Waals surface area (Å²) >= 11 is 0. The van der Waals surface area contributed by atoms with Gasteiger partial charge in [0.1, 0.15) is 0 Å². The van der Waals surface area contributed by atoms with Crippen molar-refractivity contribution in [1.82, 2.24) is 4.90 Å². The highest BCUT2D eigenvalue weighted by Gasteiger charge is 2.14. The third-order valence-corrected chi connectivity index (χ3v) is 2.86. The maximum atomic E-state index is 9.43. The predicted molar refractivity (Wildman–Crippen MR) is 75.9 cm³/mol. The lowest BCUT2D eigenvalue weighted by atomic mass is 10.2. The molecule has 0 saturated carbocycles. The molecule has 0 aromatic heterocycles. The lowest BCUT2D eigenvalue weighted by Crippen LogP contribution is -2.40. The van der Waals surface area contributed by atoms with Gasteiger partial charge < -0.3 is 20.4 Å². The quantitative estimate of drug-likeness (QED) is 0.301. The van der Waals surface area contributed by atoms with E-state index < -0.39 is 12.2 Å². The van der Waals surface area contributed by atoms with Crippen molar-refractivity contribution in [2.75, 3.05) is 32.8 Å². The largest absolute Gasteiger partial charge is 0.394 e. The SMILES string of the molecule is CCCC/C=C/CCN(CC(O)CO)CC(O)CO. The van der Waals surface area contributed by atoms with Gasteiger partial charge in [-0.3, -0.25) is 4.90 Å². The van der Waals surface area contributed by atoms with Gasteiger partial charge in [-0.1, -0.05) is 31.9 Å². The number of hydrogen-bond donors (Lipinski definition) is 4. The molecule has 0 aliphatic carbocycles. The van der Waals surface area contributed by atoms with Crippen molar-refractivity contribution in [2.24, 2.45) is 0 Å². The Morgan fingerprint density at radius 1 is 0.947 bits per heavy atom. The standard InChI is InChI=1S/C14H29NO4/c1-2-3-4-5-6-7-8-15(9-13(18)11-16)10-14(19)12-17/h5-6,13-14,16-19H,2-4,7-12H2,1H3/b6-5+. The Morgan fingerprint density at radius 2 is 1.47 bits per heavy atom. The second kappa shape index (κ2) is 12.6. The minimum absolute atomic E-state index is 0.294. The van der Waals surface area contributed by atoms with Gasteiger partial charge in [-0.2, -0.15) is 0 Å². The fourth-order valence-electron chi connectivity index (χ4n) is 1.78. The summed E-state index contributed by atoms with van der Waals surface area (Å²) in [5, 5.41) is 36.5. The van der Waals surface area contributed by atoms with Gasteiger partial charge in [0.25, 0.3) is 0 Å². The highest BCUT2D eigenvalue weighted by Crippen LogP contribution is 2.01. The molecule has 4 N–H and O–H groups in total. The van der Waals surface area contributed by atoms with Crippen molar-refractivity contribution in [3.8, 4) is 0 Å². The Morgan fingerprint density at radius 3 is 1.95 bits per heavy atom. The Bertz CT molecular complexity index is 211. The number of aliphatic hydroxyl groups excluding tert-OH is 4. The van der Waals surface area contributed by atoms with E-state index >= 15 is 0 Å². The van der Waals surface area contributed by atoms with E-state index in [-0.39, 0.29) is 13.2 Å². The average Bonchev–Trinajstić information content (AvgIpc) is 2.41. The van der Waals surface area contributed by atoms with Gasteiger partial charge in [0.05, 0.1) is 25.4 Å². The van der Waals surface area contributed by atoms with Crippen molar-refractivity contribution in [1.29, 1.82) is 0 Å². The molecule has 0 fully saturated rings. The Labute approximate surface area is 116 Å². The predicted octanol–water partition coefficient (Wildman–Crippen LogP) is 0.131. The van der Waals surface area contributed by atoms with E-state index in [9.17, 15) is 10.2 Å². The molecule has 0 aromatic carbocycles. The zero-order valence-electron chi connectivity index (χ0n) is 11.9. The minimum Gasteiger partial charge on any atom is -0.394 e. The van der Waals surface area contributed by atoms with E-state index in [0.717, 1.165) is 12.8 Å². The van der Waals surface area contributed by atoms with Crippen LogP contribution < -0.4 is 0 Å². The monoisotopic (exact) mass is 275 g/mol. The lowest BCUT2D eigenvalue weighted by Gasteiger charge is -2.25. The second-order valence-corrected chi connectivity index (χ2v) is 4.83. The Balaban J connectivity index is 4.00. The van der Waals surface area contributed by atoms with Crippen LogP contribution in [-0.2, 0) is 0 Å². The van der Waals surface area contributed by atoms with Gasteiger partial charge >= 0.3 is 0 Å². The molecule has 0 rings (SSSR count). The maximum absolute atomic E-state index is 9.43. The van der Waals surface area contributed by atoms with Gasteiger partial charge in [0.15, 0.2) is 0 Å². The summed E-state index contributed by atoms with van der Waals surface area (Å²) < 4.78 is 0. The molecule has 0 radical (unpaired) electrons. The van der Waals surface area contributed by atoms with Gasteiger partial charge in [0.2, 0.25) is 0 Å². The minimum atomic E-state index is -0.810. The van der Waals surface area contributed by atoms with Crippen LogP contribution in [0.25, 0.3) is 0 Å². The highest BCUT2D eigenvalue weighted by atomic mass is 16.3. The van der Waals surface area contributed by atoms with Crippen molar-refractivity contribution < 1.29 is 20.4 Å². The molecule has 5 nitrogen and oxygen atoms in total. The van der Waals surface area contributed by atoms with E-state index in [2.05, 4.69) is 19.1 Å². The molecule has 5 heteroatoms. The number of unbranched alkanes of at least 4 members (excludes halogenated alkanes) is 2. The molecule has 0 spiro atoms. The van der Waals surface area contributed by atoms with E-state index in [1.165, 1.54) is 12.8 Å². The Kier molecular flexibility index (Phi) is 12.3. The molecular weight excluding hydrogens is 246 g/mol. The summed E-state index contributed by atoms with van der Waals surface area (Å²) in [4.78, 5) is 1.85. The number of rotatable bonds is 12. The van der Waals surface area contributed by atoms with Crippen molar-refractivity contribution in [3.63, 3.8) is 0 Å². The normalized spacial score (nSPS) is 15.3. The summed E-state index contributed by atoms with van der Waals surface area (Å²) in [7, 11) is 0. The van der Waals surface area contributed by atoms with Crippen LogP contribution in [0.5, 0.6) is 0 Å². The van der Waals surface area contributed by atoms with Gasteiger partial charge in [0, 0.05) is 19.6 Å². The van der Waals surface area contributed by atoms with Crippen LogP contribution in [0.15, 0.2) is 12.2 Å². The van der Waals surface area contributed by atoms with Crippen LogP contribution in [0.4, 0.5) is 0 Å². The summed E-state index contributed by atoms with van der Waals surface area (Å²) in [6.07, 6.45) is 6.90. The molecule has 0 aliphatic heterocycles. The maximum Gasteiger partial charge on any atom is 0.0897 e. The molecule has 2 unspecified atom stereocenters. The zero-order valence-corrected chi connectivity index (χ0v) is 11.9. The molecule has 2 atom stereocenters. The number of allylic oxidation sites excluding steroid dienone is 1. The molecule has 0 aromatic rings. The zero-order chi connectivity index (χ0) is 14.5. The summed E-state index contributed by atoms with van der Waals surface area (Å²) in [6.45, 7) is 2.86. The summed E-state index contributed by atoms with van der Waals surface area (Å²) in [6, 6.07) is 0. The van der Waals surface area contributed by atoms with E-state index in [1.54, 1.807) is 0 Å². The highest BCUT2D eigenvalue weighted by molar-refractivity contribution is 4.83. The molecule has 114 valence electrons. The lowest BCUT2D eigenvalue weighted by molar-refractivity contribution is 0.0239. The van der Waals surface area contributed by atoms with Crippen LogP contribution in [0, 0.1) is 0 Å². The second-order valence-electron chi connectivity index (χ2n) is 4.83. The van der Waals surface area contributed by atoms with Crippen LogP contribution in [0.2, 0.25) is 0 Å². The summed E-state index contributed by atoms with van der Waals surface area (Å²) in [5.74, 6) is 0. The fourth-order valence-corrected chi connectivity index (χ4v) is 1.78. The van der Waals surface area contributed by atoms with E-state index in [1.807, 2.05) is 4.90 Å². The van der Waals surface area contributed by atoms with E-state index in [0.29, 0.717) is 19.6 Å². The van der Waals surface area contributed by atoms with Crippen molar-refractivity contribution in [2.45, 2.75) is 44.8 Å². The first-order valence-corrected chi connectivity index (χ1v) is 7.09. The molecule has 0 aliphatic rings. The topological polar surface area (TPSA) is 84.2 Å². The number of hydrogen-bond acceptors (Lipinski definition) is 5. The molecule has 0 heterocycles. The first-order valence-electron chi connectivity index (χ1n) is 7.09. The van der Waals surface area contributed by atoms with Crippen molar-refractivity contribution >= 4 is 0 Å². The Hall–Kier alpha value is -0.460. The third kappa shape index (κ3) is 11.1. The average molecular weight is 275 g/mol. The third-order valence-electron chi connectivity index (χ3n) is 2.86. The van der Waals surface area contributed by atoms with Crippen molar-refractivity contribution in [3.05, 3.63) is 12.2 Å². The smallest absolute Gasteiger partial charge is 0.0897 e. The molecule has 19 heavy (non-hydrogen) atoms. The molecule has 0 saturated heterocycles. The number of nitrogens with zero attached hydrogens (tertiary/aromatic N) is 1. The number of aliphatic hydroxyl groups is 4. The van der Waals surface area contributed by atoms with Gasteiger partial charge in [-0.15, -0.1) is 0 Å². The van der Waals surface area contributed by atoms with Gasteiger partial charge in [-0.05, 0) is 12.8 Å². The fraction of sp³-hybridized carbons (Fsp3) is 0.857. The van der Waals surface area contributed by atoms with Gasteiger partial charge in [-0.25, -0.2) is 0 Å². The molecular formula is C14H29NO4. The van der Waals surface area contributed by atoms with Crippen LogP contribution >= 0.6 is 0 Å². The van der Waals surface area contributed by atoms with Crippen LogP contribution in [-0.4, -0.2) is 70.4 Å². The van der Waals surface area contributed by atoms with Crippen LogP contribution in [0.3, 0.4) is 0 Å². The molecule has 0 amide bonds. The summed E-state index contributed by atoms with van der Waals surface area (Å²) in [5.41, 5.74) is 0. The van der Waals surface area contributed by atoms with Crippen LogP contribution in [0.1, 0.15) is 32.6 Å². The van der Waals surface area contributed by atoms with E-state index in [4.69, 9.17) is 10.2 Å². The molecule has 0 bridgehead atoms.